The van der Waals surface area contributed by atoms with Crippen molar-refractivity contribution in [3.8, 4) is 5.75 Å². The maximum Gasteiger partial charge on any atom is 0.217 e. The third-order valence-electron chi connectivity index (χ3n) is 6.35. The number of halogens is 1. The van der Waals surface area contributed by atoms with Crippen LogP contribution < -0.4 is 15.8 Å². The number of rotatable bonds is 6. The molecule has 1 atom stereocenters. The summed E-state index contributed by atoms with van der Waals surface area (Å²) in [4.78, 5) is 18.1. The van der Waals surface area contributed by atoms with Crippen molar-refractivity contribution in [2.24, 2.45) is 16.6 Å². The molecule has 1 heterocycles. The van der Waals surface area contributed by atoms with Crippen molar-refractivity contribution in [1.29, 1.82) is 0 Å². The summed E-state index contributed by atoms with van der Waals surface area (Å²) in [5.41, 5.74) is 6.87. The van der Waals surface area contributed by atoms with Crippen molar-refractivity contribution in [3.63, 3.8) is 0 Å². The van der Waals surface area contributed by atoms with Crippen molar-refractivity contribution in [2.75, 3.05) is 33.8 Å². The monoisotopic (exact) mass is 514 g/mol. The Bertz CT molecular complexity index is 704. The molecular formula is C22H35IN4O2. The molecule has 1 unspecified atom stereocenters. The Morgan fingerprint density at radius 2 is 2.10 bits per heavy atom. The normalized spacial score (nSPS) is 21.4. The topological polar surface area (TPSA) is 80.0 Å². The molecule has 7 heteroatoms. The van der Waals surface area contributed by atoms with E-state index >= 15 is 0 Å². The van der Waals surface area contributed by atoms with Gasteiger partial charge in [0, 0.05) is 38.5 Å². The molecule has 1 amide bonds. The van der Waals surface area contributed by atoms with Crippen molar-refractivity contribution < 1.29 is 9.53 Å². The van der Waals surface area contributed by atoms with Crippen LogP contribution >= 0.6 is 24.0 Å². The maximum absolute atomic E-state index is 11.3. The number of hydrogen-bond acceptors (Lipinski definition) is 3. The first kappa shape index (κ1) is 23.8. The van der Waals surface area contributed by atoms with Gasteiger partial charge in [0.25, 0.3) is 0 Å². The smallest absolute Gasteiger partial charge is 0.217 e. The first-order valence-corrected chi connectivity index (χ1v) is 10.4. The van der Waals surface area contributed by atoms with Gasteiger partial charge in [-0.25, -0.2) is 0 Å². The summed E-state index contributed by atoms with van der Waals surface area (Å²) >= 11 is 0. The van der Waals surface area contributed by atoms with E-state index < -0.39 is 0 Å². The second kappa shape index (κ2) is 11.0. The summed E-state index contributed by atoms with van der Waals surface area (Å²) < 4.78 is 5.45. The van der Waals surface area contributed by atoms with E-state index in [2.05, 4.69) is 33.4 Å². The molecule has 3 N–H and O–H groups in total. The van der Waals surface area contributed by atoms with Gasteiger partial charge in [0.15, 0.2) is 5.96 Å². The molecule has 0 radical (unpaired) electrons. The second-order valence-electron chi connectivity index (χ2n) is 8.24. The van der Waals surface area contributed by atoms with Gasteiger partial charge in [-0.1, -0.05) is 25.0 Å². The van der Waals surface area contributed by atoms with Gasteiger partial charge in [-0.2, -0.15) is 0 Å². The van der Waals surface area contributed by atoms with Gasteiger partial charge in [-0.3, -0.25) is 9.79 Å². The Balaban J connectivity index is 0.00000300. The Kier molecular flexibility index (Phi) is 9.04. The molecule has 29 heavy (non-hydrogen) atoms. The van der Waals surface area contributed by atoms with Crippen LogP contribution in [0.3, 0.4) is 0 Å². The van der Waals surface area contributed by atoms with Crippen LogP contribution in [0.2, 0.25) is 0 Å². The van der Waals surface area contributed by atoms with Gasteiger partial charge in [-0.15, -0.1) is 24.0 Å². The second-order valence-corrected chi connectivity index (χ2v) is 8.24. The number of ether oxygens (including phenoxy) is 1. The number of amides is 1. The van der Waals surface area contributed by atoms with E-state index in [0.717, 1.165) is 44.2 Å². The Morgan fingerprint density at radius 3 is 2.76 bits per heavy atom. The number of guanidine groups is 1. The lowest BCUT2D eigenvalue weighted by atomic mass is 9.78. The predicted molar refractivity (Wildman–Crippen MR) is 128 cm³/mol. The first-order chi connectivity index (χ1) is 13.6. The van der Waals surface area contributed by atoms with Crippen molar-refractivity contribution in [1.82, 2.24) is 10.2 Å². The number of carbonyl (C=O) groups excluding carboxylic acids is 1. The summed E-state index contributed by atoms with van der Waals surface area (Å²) in [5, 5.41) is 3.65. The van der Waals surface area contributed by atoms with E-state index in [9.17, 15) is 4.79 Å². The van der Waals surface area contributed by atoms with E-state index in [1.807, 2.05) is 13.1 Å². The number of piperidine rings is 1. The molecule has 1 aliphatic heterocycles. The fourth-order valence-electron chi connectivity index (χ4n) is 4.86. The number of aliphatic imine (C=N–C) groups is 1. The molecule has 0 bridgehead atoms. The summed E-state index contributed by atoms with van der Waals surface area (Å²) in [6, 6.07) is 8.49. The largest absolute Gasteiger partial charge is 0.497 e. The van der Waals surface area contributed by atoms with E-state index in [-0.39, 0.29) is 35.3 Å². The number of hydrogen-bond donors (Lipinski definition) is 2. The number of carbonyl (C=O) groups is 1. The maximum atomic E-state index is 11.3. The molecule has 1 saturated heterocycles. The average molecular weight is 514 g/mol. The van der Waals surface area contributed by atoms with Crippen LogP contribution in [0.4, 0.5) is 0 Å². The molecule has 1 aliphatic carbocycles. The highest BCUT2D eigenvalue weighted by atomic mass is 127. The van der Waals surface area contributed by atoms with E-state index in [0.29, 0.717) is 12.3 Å². The average Bonchev–Trinajstić information content (AvgIpc) is 3.18. The molecule has 162 valence electrons. The summed E-state index contributed by atoms with van der Waals surface area (Å²) in [6.07, 6.45) is 7.44. The van der Waals surface area contributed by atoms with Crippen LogP contribution in [-0.4, -0.2) is 50.6 Å². The number of likely N-dealkylation sites (tertiary alicyclic amines) is 1. The fourth-order valence-corrected chi connectivity index (χ4v) is 4.86. The lowest BCUT2D eigenvalue weighted by molar-refractivity contribution is -0.119. The molecule has 2 aliphatic rings. The number of nitrogens with zero attached hydrogens (tertiary/aromatic N) is 2. The molecule has 1 aromatic carbocycles. The zero-order chi connectivity index (χ0) is 20.0. The predicted octanol–water partition coefficient (Wildman–Crippen LogP) is 3.29. The number of nitrogens with two attached hydrogens (primary N) is 1. The summed E-state index contributed by atoms with van der Waals surface area (Å²) in [7, 11) is 3.56. The molecular weight excluding hydrogens is 479 g/mol. The summed E-state index contributed by atoms with van der Waals surface area (Å²) in [6.45, 7) is 2.68. The molecule has 2 fully saturated rings. The quantitative estimate of drug-likeness (QED) is 0.347. The SMILES string of the molecule is CN=C(NCC1(c2cccc(OC)c2)CCCC1)N1CCCC(CC(N)=O)C1.I. The minimum Gasteiger partial charge on any atom is -0.497 e. The molecule has 1 saturated carbocycles. The molecule has 3 rings (SSSR count). The first-order valence-electron chi connectivity index (χ1n) is 10.4. The Labute approximate surface area is 191 Å². The number of benzene rings is 1. The molecule has 1 aromatic rings. The Morgan fingerprint density at radius 1 is 1.34 bits per heavy atom. The standard InChI is InChI=1S/C22H34N4O2.HI/c1-24-21(26-12-6-7-17(15-26)13-20(23)27)25-16-22(10-3-4-11-22)18-8-5-9-19(14-18)28-2;/h5,8-9,14,17H,3-4,6-7,10-13,15-16H2,1-2H3,(H2,23,27)(H,24,25);1H. The minimum absolute atomic E-state index is 0. The lowest BCUT2D eigenvalue weighted by Crippen LogP contribution is -2.50. The zero-order valence-corrected chi connectivity index (χ0v) is 20.0. The summed E-state index contributed by atoms with van der Waals surface area (Å²) in [5.74, 6) is 1.96. The number of methoxy groups -OCH3 is 1. The van der Waals surface area contributed by atoms with E-state index in [4.69, 9.17) is 10.5 Å². The zero-order valence-electron chi connectivity index (χ0n) is 17.7. The van der Waals surface area contributed by atoms with Gasteiger partial charge in [0.2, 0.25) is 5.91 Å². The third-order valence-corrected chi connectivity index (χ3v) is 6.35. The molecule has 0 spiro atoms. The highest BCUT2D eigenvalue weighted by Gasteiger charge is 2.36. The van der Waals surface area contributed by atoms with E-state index in [1.165, 1.54) is 31.2 Å². The fraction of sp³-hybridized carbons (Fsp3) is 0.636. The van der Waals surface area contributed by atoms with Crippen LogP contribution in [0, 0.1) is 5.92 Å². The molecule has 6 nitrogen and oxygen atoms in total. The van der Waals surface area contributed by atoms with Crippen molar-refractivity contribution in [3.05, 3.63) is 29.8 Å². The van der Waals surface area contributed by atoms with Crippen molar-refractivity contribution in [2.45, 2.75) is 50.4 Å². The van der Waals surface area contributed by atoms with Gasteiger partial charge >= 0.3 is 0 Å². The number of primary amides is 1. The van der Waals surface area contributed by atoms with Crippen LogP contribution in [0.5, 0.6) is 5.75 Å². The van der Waals surface area contributed by atoms with Crippen molar-refractivity contribution >= 4 is 35.8 Å². The van der Waals surface area contributed by atoms with E-state index in [1.54, 1.807) is 7.11 Å². The minimum atomic E-state index is -0.210. The van der Waals surface area contributed by atoms with Crippen LogP contribution in [0.25, 0.3) is 0 Å². The highest BCUT2D eigenvalue weighted by Crippen LogP contribution is 2.41. The van der Waals surface area contributed by atoms with Crippen LogP contribution in [0.15, 0.2) is 29.3 Å². The lowest BCUT2D eigenvalue weighted by Gasteiger charge is -2.37. The molecule has 0 aromatic heterocycles. The van der Waals surface area contributed by atoms with Gasteiger partial charge < -0.3 is 20.7 Å². The highest BCUT2D eigenvalue weighted by molar-refractivity contribution is 14.0. The van der Waals surface area contributed by atoms with Crippen LogP contribution in [0.1, 0.15) is 50.5 Å². The van der Waals surface area contributed by atoms with Gasteiger partial charge in [0.1, 0.15) is 5.75 Å². The number of nitrogens with one attached hydrogen (secondary N) is 1. The Hall–Kier alpha value is -1.51. The van der Waals surface area contributed by atoms with Gasteiger partial charge in [0.05, 0.1) is 7.11 Å². The van der Waals surface area contributed by atoms with Gasteiger partial charge in [-0.05, 0) is 49.3 Å². The third kappa shape index (κ3) is 5.99. The van der Waals surface area contributed by atoms with Crippen LogP contribution in [-0.2, 0) is 10.2 Å².